The highest BCUT2D eigenvalue weighted by molar-refractivity contribution is 7.80. The van der Waals surface area contributed by atoms with E-state index in [2.05, 4.69) is 5.32 Å². The van der Waals surface area contributed by atoms with E-state index < -0.39 is 17.6 Å². The zero-order chi connectivity index (χ0) is 15.2. The fourth-order valence-electron chi connectivity index (χ4n) is 1.58. The lowest BCUT2D eigenvalue weighted by Gasteiger charge is -2.25. The van der Waals surface area contributed by atoms with Crippen LogP contribution in [0.3, 0.4) is 0 Å². The van der Waals surface area contributed by atoms with Crippen molar-refractivity contribution >= 4 is 23.2 Å². The van der Waals surface area contributed by atoms with E-state index in [1.807, 2.05) is 30.3 Å². The van der Waals surface area contributed by atoms with Crippen molar-refractivity contribution in [3.63, 3.8) is 0 Å². The summed E-state index contributed by atoms with van der Waals surface area (Å²) in [5.74, 6) is -0.412. The lowest BCUT2D eigenvalue weighted by Crippen LogP contribution is -2.44. The molecule has 0 aliphatic rings. The minimum Gasteiger partial charge on any atom is -0.458 e. The van der Waals surface area contributed by atoms with Crippen LogP contribution >= 0.6 is 12.2 Å². The minimum absolute atomic E-state index is 0.117. The Morgan fingerprint density at radius 1 is 1.35 bits per heavy atom. The van der Waals surface area contributed by atoms with Gasteiger partial charge in [-0.2, -0.15) is 0 Å². The van der Waals surface area contributed by atoms with E-state index in [1.54, 1.807) is 20.8 Å². The van der Waals surface area contributed by atoms with Gasteiger partial charge in [-0.25, -0.2) is 4.79 Å². The van der Waals surface area contributed by atoms with E-state index in [1.165, 1.54) is 0 Å². The molecule has 0 radical (unpaired) electrons. The quantitative estimate of drug-likeness (QED) is 0.643. The van der Waals surface area contributed by atoms with Crippen molar-refractivity contribution in [2.24, 2.45) is 0 Å². The molecule has 0 amide bonds. The first-order valence-electron chi connectivity index (χ1n) is 6.53. The van der Waals surface area contributed by atoms with Gasteiger partial charge in [-0.05, 0) is 20.8 Å². The zero-order valence-electron chi connectivity index (χ0n) is 12.1. The Kier molecular flexibility index (Phi) is 6.10. The maximum atomic E-state index is 12.1. The first-order valence-corrected chi connectivity index (χ1v) is 6.94. The molecule has 0 fully saturated rings. The van der Waals surface area contributed by atoms with Crippen molar-refractivity contribution in [2.45, 2.75) is 38.8 Å². The smallest absolute Gasteiger partial charge is 0.329 e. The van der Waals surface area contributed by atoms with Gasteiger partial charge in [0.2, 0.25) is 0 Å². The third-order valence-corrected chi connectivity index (χ3v) is 2.80. The standard InChI is InChI=1S/C15H21NO3S/c1-15(2,3)19-14(18)12(9-10-17)16-13(20)11-7-5-4-6-8-11/h4-8,12,17H,9-10H2,1-3H3,(H,16,20). The van der Waals surface area contributed by atoms with Crippen molar-refractivity contribution in [1.82, 2.24) is 5.32 Å². The number of hydrogen-bond acceptors (Lipinski definition) is 4. The maximum absolute atomic E-state index is 12.1. The van der Waals surface area contributed by atoms with Crippen LogP contribution in [-0.2, 0) is 9.53 Å². The van der Waals surface area contributed by atoms with Crippen LogP contribution in [0.25, 0.3) is 0 Å². The number of carbonyl (C=O) groups excluding carboxylic acids is 1. The number of hydrogen-bond donors (Lipinski definition) is 2. The van der Waals surface area contributed by atoms with E-state index in [0.29, 0.717) is 4.99 Å². The molecule has 1 aromatic carbocycles. The Hall–Kier alpha value is -1.46. The van der Waals surface area contributed by atoms with Crippen molar-refractivity contribution < 1.29 is 14.6 Å². The van der Waals surface area contributed by atoms with Gasteiger partial charge in [-0.15, -0.1) is 0 Å². The van der Waals surface area contributed by atoms with Crippen LogP contribution in [0, 0.1) is 0 Å². The molecule has 4 nitrogen and oxygen atoms in total. The third-order valence-electron chi connectivity index (χ3n) is 2.45. The molecule has 110 valence electrons. The highest BCUT2D eigenvalue weighted by Gasteiger charge is 2.25. The summed E-state index contributed by atoms with van der Waals surface area (Å²) in [6.45, 7) is 5.29. The van der Waals surface area contributed by atoms with E-state index in [4.69, 9.17) is 22.1 Å². The first-order chi connectivity index (χ1) is 9.33. The van der Waals surface area contributed by atoms with E-state index in [0.717, 1.165) is 5.56 Å². The second kappa shape index (κ2) is 7.36. The molecule has 0 saturated carbocycles. The molecule has 1 aromatic rings. The molecular weight excluding hydrogens is 274 g/mol. The number of esters is 1. The molecule has 0 aliphatic heterocycles. The summed E-state index contributed by atoms with van der Waals surface area (Å²) in [7, 11) is 0. The average molecular weight is 295 g/mol. The molecule has 0 aromatic heterocycles. The Bertz CT molecular complexity index is 454. The zero-order valence-corrected chi connectivity index (χ0v) is 12.9. The van der Waals surface area contributed by atoms with Crippen LogP contribution in [0.1, 0.15) is 32.8 Å². The monoisotopic (exact) mass is 295 g/mol. The Morgan fingerprint density at radius 3 is 2.45 bits per heavy atom. The lowest BCUT2D eigenvalue weighted by molar-refractivity contribution is -0.157. The summed E-state index contributed by atoms with van der Waals surface area (Å²) >= 11 is 5.27. The lowest BCUT2D eigenvalue weighted by atomic mass is 10.1. The van der Waals surface area contributed by atoms with Gasteiger partial charge < -0.3 is 15.2 Å². The number of ether oxygens (including phenoxy) is 1. The second-order valence-electron chi connectivity index (χ2n) is 5.44. The maximum Gasteiger partial charge on any atom is 0.329 e. The molecular formula is C15H21NO3S. The first kappa shape index (κ1) is 16.6. The van der Waals surface area contributed by atoms with Gasteiger partial charge in [-0.3, -0.25) is 0 Å². The van der Waals surface area contributed by atoms with Crippen LogP contribution in [0.2, 0.25) is 0 Å². The van der Waals surface area contributed by atoms with Gasteiger partial charge in [0, 0.05) is 18.6 Å². The van der Waals surface area contributed by atoms with E-state index >= 15 is 0 Å². The van der Waals surface area contributed by atoms with Gasteiger partial charge in [0.05, 0.1) is 0 Å². The molecule has 1 unspecified atom stereocenters. The number of rotatable bonds is 5. The minimum atomic E-state index is -0.646. The van der Waals surface area contributed by atoms with Crippen LogP contribution in [-0.4, -0.2) is 34.3 Å². The summed E-state index contributed by atoms with van der Waals surface area (Å²) in [5, 5.41) is 12.0. The highest BCUT2D eigenvalue weighted by atomic mass is 32.1. The Labute approximate surface area is 125 Å². The predicted molar refractivity (Wildman–Crippen MR) is 82.6 cm³/mol. The predicted octanol–water partition coefficient (Wildman–Crippen LogP) is 2.04. The number of aliphatic hydroxyl groups excluding tert-OH is 1. The number of nitrogens with one attached hydrogen (secondary N) is 1. The van der Waals surface area contributed by atoms with Gasteiger partial charge in [0.25, 0.3) is 0 Å². The van der Waals surface area contributed by atoms with Gasteiger partial charge >= 0.3 is 5.97 Å². The van der Waals surface area contributed by atoms with Gasteiger partial charge in [-0.1, -0.05) is 42.5 Å². The van der Waals surface area contributed by atoms with Crippen molar-refractivity contribution in [2.75, 3.05) is 6.61 Å². The molecule has 0 saturated heterocycles. The van der Waals surface area contributed by atoms with Crippen LogP contribution in [0.5, 0.6) is 0 Å². The third kappa shape index (κ3) is 5.67. The summed E-state index contributed by atoms with van der Waals surface area (Å²) in [6.07, 6.45) is 0.252. The molecule has 1 rings (SSSR count). The summed E-state index contributed by atoms with van der Waals surface area (Å²) < 4.78 is 5.32. The average Bonchev–Trinajstić information content (AvgIpc) is 2.37. The molecule has 0 spiro atoms. The largest absolute Gasteiger partial charge is 0.458 e. The Balaban J connectivity index is 2.72. The number of thiocarbonyl (C=S) groups is 1. The SMILES string of the molecule is CC(C)(C)OC(=O)C(CCO)NC(=S)c1ccccc1. The molecule has 1 atom stereocenters. The molecule has 5 heteroatoms. The number of aliphatic hydroxyl groups is 1. The molecule has 0 heterocycles. The van der Waals surface area contributed by atoms with Crippen molar-refractivity contribution in [3.05, 3.63) is 35.9 Å². The van der Waals surface area contributed by atoms with Gasteiger partial charge in [0.1, 0.15) is 16.6 Å². The van der Waals surface area contributed by atoms with Crippen molar-refractivity contribution in [3.8, 4) is 0 Å². The van der Waals surface area contributed by atoms with Crippen molar-refractivity contribution in [1.29, 1.82) is 0 Å². The highest BCUT2D eigenvalue weighted by Crippen LogP contribution is 2.10. The van der Waals surface area contributed by atoms with Gasteiger partial charge in [0.15, 0.2) is 0 Å². The molecule has 0 aliphatic carbocycles. The summed E-state index contributed by atoms with van der Waals surface area (Å²) in [4.78, 5) is 12.5. The summed E-state index contributed by atoms with van der Waals surface area (Å²) in [6, 6.07) is 8.72. The van der Waals surface area contributed by atoms with Crippen LogP contribution < -0.4 is 5.32 Å². The topological polar surface area (TPSA) is 58.6 Å². The normalized spacial score (nSPS) is 12.6. The fourth-order valence-corrected chi connectivity index (χ4v) is 1.86. The molecule has 20 heavy (non-hydrogen) atoms. The second-order valence-corrected chi connectivity index (χ2v) is 5.85. The molecule has 0 bridgehead atoms. The Morgan fingerprint density at radius 2 is 1.95 bits per heavy atom. The van der Waals surface area contributed by atoms with E-state index in [-0.39, 0.29) is 13.0 Å². The fraction of sp³-hybridized carbons (Fsp3) is 0.467. The van der Waals surface area contributed by atoms with Crippen LogP contribution in [0.4, 0.5) is 0 Å². The molecule has 2 N–H and O–H groups in total. The number of carbonyl (C=O) groups is 1. The number of benzene rings is 1. The van der Waals surface area contributed by atoms with E-state index in [9.17, 15) is 4.79 Å². The van der Waals surface area contributed by atoms with Crippen LogP contribution in [0.15, 0.2) is 30.3 Å². The summed E-state index contributed by atoms with van der Waals surface area (Å²) in [5.41, 5.74) is 0.259.